The van der Waals surface area contributed by atoms with Gasteiger partial charge < -0.3 is 19.7 Å². The van der Waals surface area contributed by atoms with Gasteiger partial charge in [-0.2, -0.15) is 11.3 Å². The average Bonchev–Trinajstić information content (AvgIpc) is 3.32. The van der Waals surface area contributed by atoms with Gasteiger partial charge in [-0.3, -0.25) is 0 Å². The molecule has 1 aliphatic rings. The summed E-state index contributed by atoms with van der Waals surface area (Å²) in [6.07, 6.45) is 2.18. The van der Waals surface area contributed by atoms with E-state index in [1.165, 1.54) is 5.56 Å². The van der Waals surface area contributed by atoms with E-state index in [-0.39, 0.29) is 6.03 Å². The molecule has 3 rings (SSSR count). The first-order valence-electron chi connectivity index (χ1n) is 7.97. The van der Waals surface area contributed by atoms with E-state index < -0.39 is 0 Å². The van der Waals surface area contributed by atoms with Crippen LogP contribution in [0.3, 0.4) is 0 Å². The average molecular weight is 346 g/mol. The van der Waals surface area contributed by atoms with Crippen LogP contribution in [0.25, 0.3) is 0 Å². The fraction of sp³-hybridized carbons (Fsp3) is 0.389. The molecule has 1 aromatic heterocycles. The van der Waals surface area contributed by atoms with Crippen molar-refractivity contribution in [3.63, 3.8) is 0 Å². The number of hydrogen-bond acceptors (Lipinski definition) is 4. The largest absolute Gasteiger partial charge is 0.493 e. The molecule has 1 saturated carbocycles. The highest BCUT2D eigenvalue weighted by Crippen LogP contribution is 2.29. The molecule has 2 amide bonds. The summed E-state index contributed by atoms with van der Waals surface area (Å²) in [5.41, 5.74) is 2.17. The molecule has 2 aromatic rings. The normalized spacial score (nSPS) is 13.4. The quantitative estimate of drug-likeness (QED) is 0.833. The molecule has 1 N–H and O–H groups in total. The van der Waals surface area contributed by atoms with Crippen LogP contribution in [0.15, 0.2) is 35.0 Å². The number of carbonyl (C=O) groups is 1. The maximum atomic E-state index is 12.6. The van der Waals surface area contributed by atoms with Crippen molar-refractivity contribution < 1.29 is 14.3 Å². The van der Waals surface area contributed by atoms with Crippen molar-refractivity contribution in [1.82, 2.24) is 10.2 Å². The smallest absolute Gasteiger partial charge is 0.318 e. The number of urea groups is 1. The van der Waals surface area contributed by atoms with Gasteiger partial charge in [0.1, 0.15) is 0 Å². The number of amides is 2. The van der Waals surface area contributed by atoms with Crippen molar-refractivity contribution in [3.8, 4) is 11.5 Å². The number of benzene rings is 1. The molecule has 0 atom stereocenters. The molecule has 0 radical (unpaired) electrons. The predicted molar refractivity (Wildman–Crippen MR) is 94.7 cm³/mol. The van der Waals surface area contributed by atoms with Gasteiger partial charge in [-0.25, -0.2) is 4.79 Å². The Morgan fingerprint density at radius 1 is 1.21 bits per heavy atom. The lowest BCUT2D eigenvalue weighted by molar-refractivity contribution is 0.191. The number of methoxy groups -OCH3 is 2. The van der Waals surface area contributed by atoms with Gasteiger partial charge in [0.2, 0.25) is 0 Å². The Balaban J connectivity index is 1.61. The lowest BCUT2D eigenvalue weighted by atomic mass is 10.2. The highest BCUT2D eigenvalue weighted by molar-refractivity contribution is 7.07. The third-order valence-electron chi connectivity index (χ3n) is 4.07. The van der Waals surface area contributed by atoms with Crippen molar-refractivity contribution in [2.24, 2.45) is 0 Å². The highest BCUT2D eigenvalue weighted by Gasteiger charge is 2.32. The number of rotatable bonds is 7. The van der Waals surface area contributed by atoms with Crippen LogP contribution in [0, 0.1) is 0 Å². The monoisotopic (exact) mass is 346 g/mol. The van der Waals surface area contributed by atoms with Crippen LogP contribution >= 0.6 is 11.3 Å². The Bertz CT molecular complexity index is 684. The summed E-state index contributed by atoms with van der Waals surface area (Å²) < 4.78 is 10.5. The van der Waals surface area contributed by atoms with Crippen LogP contribution in [0.4, 0.5) is 4.79 Å². The summed E-state index contributed by atoms with van der Waals surface area (Å²) in [6, 6.07) is 8.10. The molecule has 5 nitrogen and oxygen atoms in total. The lowest BCUT2D eigenvalue weighted by Crippen LogP contribution is -2.40. The molecule has 1 fully saturated rings. The molecule has 0 spiro atoms. The molecule has 1 aromatic carbocycles. The second-order valence-electron chi connectivity index (χ2n) is 5.84. The molecule has 0 bridgehead atoms. The first kappa shape index (κ1) is 16.6. The Morgan fingerprint density at radius 3 is 2.62 bits per heavy atom. The standard InChI is InChI=1S/C18H22N2O3S/c1-22-16-6-3-13(9-17(16)23-2)10-19-18(21)20(15-4-5-15)11-14-7-8-24-12-14/h3,6-9,12,15H,4-5,10-11H2,1-2H3,(H,19,21). The Morgan fingerprint density at radius 2 is 2.00 bits per heavy atom. The van der Waals surface area contributed by atoms with Crippen LogP contribution in [0.5, 0.6) is 11.5 Å². The Labute approximate surface area is 146 Å². The molecule has 1 heterocycles. The van der Waals surface area contributed by atoms with Crippen LogP contribution in [0.1, 0.15) is 24.0 Å². The number of thiophene rings is 1. The fourth-order valence-electron chi connectivity index (χ4n) is 2.60. The molecular weight excluding hydrogens is 324 g/mol. The fourth-order valence-corrected chi connectivity index (χ4v) is 3.26. The number of hydrogen-bond donors (Lipinski definition) is 1. The zero-order valence-corrected chi connectivity index (χ0v) is 14.8. The van der Waals surface area contributed by atoms with E-state index in [2.05, 4.69) is 16.8 Å². The molecule has 0 saturated heterocycles. The Kier molecular flexibility index (Phi) is 5.25. The van der Waals surface area contributed by atoms with Crippen LogP contribution in [-0.2, 0) is 13.1 Å². The third-order valence-corrected chi connectivity index (χ3v) is 4.81. The van der Waals surface area contributed by atoms with Crippen LogP contribution < -0.4 is 14.8 Å². The van der Waals surface area contributed by atoms with Gasteiger partial charge in [0.25, 0.3) is 0 Å². The second kappa shape index (κ2) is 7.57. The minimum Gasteiger partial charge on any atom is -0.493 e. The summed E-state index contributed by atoms with van der Waals surface area (Å²) in [5.74, 6) is 1.35. The van der Waals surface area contributed by atoms with E-state index in [4.69, 9.17) is 9.47 Å². The van der Waals surface area contributed by atoms with Crippen molar-refractivity contribution >= 4 is 17.4 Å². The van der Waals surface area contributed by atoms with Gasteiger partial charge in [-0.05, 0) is 52.9 Å². The van der Waals surface area contributed by atoms with Gasteiger partial charge in [0, 0.05) is 19.1 Å². The van der Waals surface area contributed by atoms with Gasteiger partial charge in [0.15, 0.2) is 11.5 Å². The molecule has 128 valence electrons. The number of ether oxygens (including phenoxy) is 2. The zero-order chi connectivity index (χ0) is 16.9. The predicted octanol–water partition coefficient (Wildman–Crippen LogP) is 3.64. The van der Waals surface area contributed by atoms with E-state index >= 15 is 0 Å². The SMILES string of the molecule is COc1ccc(CNC(=O)N(Cc2ccsc2)C2CC2)cc1OC. The highest BCUT2D eigenvalue weighted by atomic mass is 32.1. The molecular formula is C18H22N2O3S. The maximum Gasteiger partial charge on any atom is 0.318 e. The first-order valence-corrected chi connectivity index (χ1v) is 8.92. The molecule has 24 heavy (non-hydrogen) atoms. The first-order chi connectivity index (χ1) is 11.7. The summed E-state index contributed by atoms with van der Waals surface area (Å²) in [6.45, 7) is 1.14. The van der Waals surface area contributed by atoms with Crippen LogP contribution in [-0.4, -0.2) is 31.2 Å². The molecule has 0 aliphatic heterocycles. The lowest BCUT2D eigenvalue weighted by Gasteiger charge is -2.22. The topological polar surface area (TPSA) is 50.8 Å². The summed E-state index contributed by atoms with van der Waals surface area (Å²) in [7, 11) is 3.22. The van der Waals surface area contributed by atoms with Crippen molar-refractivity contribution in [3.05, 3.63) is 46.2 Å². The van der Waals surface area contributed by atoms with Crippen molar-refractivity contribution in [2.75, 3.05) is 14.2 Å². The van der Waals surface area contributed by atoms with Gasteiger partial charge in [-0.15, -0.1) is 0 Å². The zero-order valence-electron chi connectivity index (χ0n) is 14.0. The minimum absolute atomic E-state index is 0.0153. The van der Waals surface area contributed by atoms with Crippen LogP contribution in [0.2, 0.25) is 0 Å². The second-order valence-corrected chi connectivity index (χ2v) is 6.62. The van der Waals surface area contributed by atoms with Gasteiger partial charge in [-0.1, -0.05) is 6.07 Å². The number of carbonyl (C=O) groups excluding carboxylic acids is 1. The van der Waals surface area contributed by atoms with Gasteiger partial charge >= 0.3 is 6.03 Å². The van der Waals surface area contributed by atoms with Gasteiger partial charge in [0.05, 0.1) is 14.2 Å². The van der Waals surface area contributed by atoms with E-state index in [9.17, 15) is 4.79 Å². The molecule has 6 heteroatoms. The van der Waals surface area contributed by atoms with Crippen molar-refractivity contribution in [1.29, 1.82) is 0 Å². The van der Waals surface area contributed by atoms with Crippen molar-refractivity contribution in [2.45, 2.75) is 32.0 Å². The van der Waals surface area contributed by atoms with E-state index in [0.29, 0.717) is 30.6 Å². The van der Waals surface area contributed by atoms with E-state index in [0.717, 1.165) is 18.4 Å². The Hall–Kier alpha value is -2.21. The molecule has 0 unspecified atom stereocenters. The van der Waals surface area contributed by atoms with E-state index in [1.54, 1.807) is 25.6 Å². The summed E-state index contributed by atoms with van der Waals surface area (Å²) in [5, 5.41) is 7.15. The minimum atomic E-state index is -0.0153. The number of nitrogens with one attached hydrogen (secondary N) is 1. The summed E-state index contributed by atoms with van der Waals surface area (Å²) in [4.78, 5) is 14.5. The third kappa shape index (κ3) is 4.00. The molecule has 1 aliphatic carbocycles. The summed E-state index contributed by atoms with van der Waals surface area (Å²) >= 11 is 1.66. The van der Waals surface area contributed by atoms with E-state index in [1.807, 2.05) is 28.5 Å². The number of nitrogens with zero attached hydrogens (tertiary/aromatic N) is 1. The maximum absolute atomic E-state index is 12.6.